The van der Waals surface area contributed by atoms with E-state index < -0.39 is 11.9 Å². The lowest BCUT2D eigenvalue weighted by molar-refractivity contribution is 0.169. The Balaban J connectivity index is 1.43. The number of likely N-dealkylation sites (tertiary alicyclic amines) is 1. The van der Waals surface area contributed by atoms with Crippen molar-refractivity contribution in [3.05, 3.63) is 88.2 Å². The molecule has 2 heterocycles. The van der Waals surface area contributed by atoms with E-state index in [1.54, 1.807) is 24.3 Å². The third-order valence-corrected chi connectivity index (χ3v) is 7.56. The minimum absolute atomic E-state index is 0.152. The molecule has 2 aliphatic heterocycles. The smallest absolute Gasteiger partial charge is 0.150 e. The second kappa shape index (κ2) is 10.2. The van der Waals surface area contributed by atoms with Gasteiger partial charge in [-0.3, -0.25) is 4.90 Å². The third-order valence-electron chi connectivity index (χ3n) is 7.25. The summed E-state index contributed by atoms with van der Waals surface area (Å²) in [6.07, 6.45) is 0.792. The molecule has 3 atom stereocenters. The summed E-state index contributed by atoms with van der Waals surface area (Å²) in [6.45, 7) is 9.37. The number of halogens is 2. The number of phenolic OH excluding ortho intramolecular Hbond substituents is 1. The van der Waals surface area contributed by atoms with Gasteiger partial charge in [-0.15, -0.1) is 0 Å². The topological polar surface area (TPSA) is 41.9 Å². The van der Waals surface area contributed by atoms with Gasteiger partial charge in [0.1, 0.15) is 35.8 Å². The molecule has 0 radical (unpaired) electrons. The Hall–Kier alpha value is -3.02. The first-order chi connectivity index (χ1) is 17.3. The molecular formula is C30H31ClFNO3. The highest BCUT2D eigenvalue weighted by Gasteiger charge is 2.31. The highest BCUT2D eigenvalue weighted by atomic mass is 35.5. The Bertz CT molecular complexity index is 1290. The van der Waals surface area contributed by atoms with Crippen molar-refractivity contribution in [1.82, 2.24) is 4.90 Å². The van der Waals surface area contributed by atoms with Gasteiger partial charge in [-0.1, -0.05) is 36.7 Å². The maximum atomic E-state index is 13.8. The molecule has 4 nitrogen and oxygen atoms in total. The van der Waals surface area contributed by atoms with Crippen LogP contribution >= 0.6 is 11.6 Å². The second-order valence-corrected chi connectivity index (χ2v) is 10.4. The van der Waals surface area contributed by atoms with E-state index in [0.717, 1.165) is 47.0 Å². The van der Waals surface area contributed by atoms with Gasteiger partial charge < -0.3 is 14.6 Å². The summed E-state index contributed by atoms with van der Waals surface area (Å²) in [5.41, 5.74) is 4.16. The molecule has 5 rings (SSSR count). The van der Waals surface area contributed by atoms with Crippen LogP contribution in [0.4, 0.5) is 4.39 Å². The summed E-state index contributed by atoms with van der Waals surface area (Å²) in [5.74, 6) is 1.98. The van der Waals surface area contributed by atoms with E-state index in [1.165, 1.54) is 18.6 Å². The molecule has 3 aromatic rings. The Kier molecular flexibility index (Phi) is 6.96. The normalized spacial score (nSPS) is 20.7. The van der Waals surface area contributed by atoms with Crippen LogP contribution in [-0.4, -0.2) is 35.7 Å². The van der Waals surface area contributed by atoms with Gasteiger partial charge in [0.2, 0.25) is 0 Å². The molecule has 1 N–H and O–H groups in total. The summed E-state index contributed by atoms with van der Waals surface area (Å²) in [4.78, 5) is 2.48. The Labute approximate surface area is 216 Å². The largest absolute Gasteiger partial charge is 0.508 e. The standard InChI is InChI=1S/C30H31ClFNO3/c1-18-12-13-33(16-18)19(2)17-35-24-8-4-21(5-9-24)30-29(25-10-6-22(32)14-27(25)31)20(3)26-15-23(34)7-11-28(26)36-30/h4-11,14-15,18-19,30,34H,12-13,16-17H2,1-3H3. The van der Waals surface area contributed by atoms with Gasteiger partial charge in [0.05, 0.1) is 5.02 Å². The molecule has 3 unspecified atom stereocenters. The van der Waals surface area contributed by atoms with Crippen molar-refractivity contribution in [2.45, 2.75) is 39.3 Å². The number of rotatable bonds is 6. The number of nitrogens with zero attached hydrogens (tertiary/aromatic N) is 1. The number of aromatic hydroxyl groups is 1. The van der Waals surface area contributed by atoms with E-state index in [1.807, 2.05) is 31.2 Å². The van der Waals surface area contributed by atoms with Crippen LogP contribution in [0.2, 0.25) is 5.02 Å². The summed E-state index contributed by atoms with van der Waals surface area (Å²) in [7, 11) is 0. The quantitative estimate of drug-likeness (QED) is 0.378. The molecule has 36 heavy (non-hydrogen) atoms. The van der Waals surface area contributed by atoms with Gasteiger partial charge in [-0.05, 0) is 86.3 Å². The van der Waals surface area contributed by atoms with E-state index in [4.69, 9.17) is 21.1 Å². The highest BCUT2D eigenvalue weighted by Crippen LogP contribution is 2.48. The van der Waals surface area contributed by atoms with Crippen molar-refractivity contribution in [3.8, 4) is 17.2 Å². The first kappa shape index (κ1) is 24.7. The van der Waals surface area contributed by atoms with E-state index in [-0.39, 0.29) is 5.75 Å². The van der Waals surface area contributed by atoms with Gasteiger partial charge in [0, 0.05) is 29.3 Å². The lowest BCUT2D eigenvalue weighted by Gasteiger charge is -2.31. The van der Waals surface area contributed by atoms with Gasteiger partial charge in [0.15, 0.2) is 0 Å². The minimum atomic E-state index is -0.455. The Morgan fingerprint density at radius 2 is 1.89 bits per heavy atom. The average Bonchev–Trinajstić information content (AvgIpc) is 3.30. The van der Waals surface area contributed by atoms with Crippen LogP contribution in [0, 0.1) is 11.7 Å². The number of hydrogen-bond donors (Lipinski definition) is 1. The molecule has 3 aromatic carbocycles. The molecule has 0 aliphatic carbocycles. The number of hydrogen-bond acceptors (Lipinski definition) is 4. The third kappa shape index (κ3) is 4.95. The highest BCUT2D eigenvalue weighted by molar-refractivity contribution is 6.32. The van der Waals surface area contributed by atoms with Crippen LogP contribution in [0.5, 0.6) is 17.2 Å². The number of fused-ring (bicyclic) bond motifs is 1. The minimum Gasteiger partial charge on any atom is -0.508 e. The Morgan fingerprint density at radius 3 is 2.58 bits per heavy atom. The summed E-state index contributed by atoms with van der Waals surface area (Å²) < 4.78 is 26.4. The maximum Gasteiger partial charge on any atom is 0.150 e. The van der Waals surface area contributed by atoms with Crippen LogP contribution in [-0.2, 0) is 0 Å². The van der Waals surface area contributed by atoms with Gasteiger partial charge in [-0.25, -0.2) is 4.39 Å². The van der Waals surface area contributed by atoms with Gasteiger partial charge >= 0.3 is 0 Å². The first-order valence-corrected chi connectivity index (χ1v) is 12.8. The Morgan fingerprint density at radius 1 is 1.11 bits per heavy atom. The fourth-order valence-electron chi connectivity index (χ4n) is 5.16. The van der Waals surface area contributed by atoms with Gasteiger partial charge in [0.25, 0.3) is 0 Å². The lowest BCUT2D eigenvalue weighted by Crippen LogP contribution is -2.35. The van der Waals surface area contributed by atoms with E-state index in [2.05, 4.69) is 18.7 Å². The molecular weight excluding hydrogens is 477 g/mol. The molecule has 6 heteroatoms. The monoisotopic (exact) mass is 507 g/mol. The van der Waals surface area contributed by atoms with Crippen molar-refractivity contribution in [1.29, 1.82) is 0 Å². The van der Waals surface area contributed by atoms with E-state index >= 15 is 0 Å². The average molecular weight is 508 g/mol. The molecule has 188 valence electrons. The zero-order valence-corrected chi connectivity index (χ0v) is 21.6. The predicted molar refractivity (Wildman–Crippen MR) is 142 cm³/mol. The summed E-state index contributed by atoms with van der Waals surface area (Å²) >= 11 is 6.50. The summed E-state index contributed by atoms with van der Waals surface area (Å²) in [5, 5.41) is 10.4. The number of benzene rings is 3. The predicted octanol–water partition coefficient (Wildman–Crippen LogP) is 7.36. The molecule has 0 amide bonds. The van der Waals surface area contributed by atoms with Gasteiger partial charge in [-0.2, -0.15) is 0 Å². The lowest BCUT2D eigenvalue weighted by atomic mass is 9.86. The van der Waals surface area contributed by atoms with Crippen molar-refractivity contribution < 1.29 is 19.0 Å². The van der Waals surface area contributed by atoms with Crippen molar-refractivity contribution >= 4 is 22.7 Å². The molecule has 1 fully saturated rings. The molecule has 2 aliphatic rings. The molecule has 0 aromatic heterocycles. The van der Waals surface area contributed by atoms with Crippen LogP contribution in [0.3, 0.4) is 0 Å². The molecule has 0 saturated carbocycles. The molecule has 1 saturated heterocycles. The molecule has 0 spiro atoms. The zero-order chi connectivity index (χ0) is 25.4. The van der Waals surface area contributed by atoms with Crippen LogP contribution < -0.4 is 9.47 Å². The fourth-order valence-corrected chi connectivity index (χ4v) is 5.43. The van der Waals surface area contributed by atoms with Crippen molar-refractivity contribution in [2.75, 3.05) is 19.7 Å². The van der Waals surface area contributed by atoms with Crippen molar-refractivity contribution in [2.24, 2.45) is 5.92 Å². The van der Waals surface area contributed by atoms with Crippen LogP contribution in [0.25, 0.3) is 11.1 Å². The van der Waals surface area contributed by atoms with E-state index in [0.29, 0.717) is 29.0 Å². The van der Waals surface area contributed by atoms with Crippen LogP contribution in [0.1, 0.15) is 50.0 Å². The fraction of sp³-hybridized carbons (Fsp3) is 0.333. The SMILES string of the molecule is CC1=C(c2ccc(F)cc2Cl)C(c2ccc(OCC(C)N3CCC(C)C3)cc2)Oc2ccc(O)cc21. The number of ether oxygens (including phenoxy) is 2. The second-order valence-electron chi connectivity index (χ2n) is 9.96. The zero-order valence-electron chi connectivity index (χ0n) is 20.8. The molecule has 0 bridgehead atoms. The maximum absolute atomic E-state index is 13.8. The first-order valence-electron chi connectivity index (χ1n) is 12.4. The number of allylic oxidation sites excluding steroid dienone is 1. The summed E-state index contributed by atoms with van der Waals surface area (Å²) in [6, 6.07) is 17.7. The van der Waals surface area contributed by atoms with Crippen LogP contribution in [0.15, 0.2) is 60.7 Å². The number of phenols is 1. The van der Waals surface area contributed by atoms with E-state index in [9.17, 15) is 9.50 Å². The van der Waals surface area contributed by atoms with Crippen molar-refractivity contribution in [3.63, 3.8) is 0 Å².